The van der Waals surface area contributed by atoms with E-state index < -0.39 is 0 Å². The summed E-state index contributed by atoms with van der Waals surface area (Å²) in [6, 6.07) is 6.38. The molecule has 0 aliphatic heterocycles. The van der Waals surface area contributed by atoms with Crippen LogP contribution in [0.4, 0.5) is 0 Å². The van der Waals surface area contributed by atoms with Crippen molar-refractivity contribution in [2.45, 2.75) is 46.6 Å². The molecule has 1 unspecified atom stereocenters. The highest BCUT2D eigenvalue weighted by Gasteiger charge is 2.04. The normalized spacial score (nSPS) is 12.7. The minimum atomic E-state index is 0.583. The van der Waals surface area contributed by atoms with E-state index in [-0.39, 0.29) is 0 Å². The second-order valence-corrected chi connectivity index (χ2v) is 5.86. The third kappa shape index (κ3) is 6.31. The predicted octanol–water partition coefficient (Wildman–Crippen LogP) is 4.44. The summed E-state index contributed by atoms with van der Waals surface area (Å²) in [4.78, 5) is 0. The van der Waals surface area contributed by atoms with E-state index in [9.17, 15) is 0 Å². The van der Waals surface area contributed by atoms with Gasteiger partial charge in [-0.2, -0.15) is 0 Å². The Morgan fingerprint density at radius 3 is 2.58 bits per heavy atom. The van der Waals surface area contributed by atoms with Gasteiger partial charge in [0.1, 0.15) is 5.75 Å². The molecule has 2 nitrogen and oxygen atoms in total. The van der Waals surface area contributed by atoms with Crippen LogP contribution in [0.5, 0.6) is 5.75 Å². The van der Waals surface area contributed by atoms with Gasteiger partial charge in [-0.25, -0.2) is 0 Å². The van der Waals surface area contributed by atoms with Crippen LogP contribution in [0.25, 0.3) is 0 Å². The fourth-order valence-corrected chi connectivity index (χ4v) is 1.81. The summed E-state index contributed by atoms with van der Waals surface area (Å²) >= 11 is 5.97. The number of ether oxygens (including phenoxy) is 1. The molecule has 1 aromatic rings. The third-order valence-electron chi connectivity index (χ3n) is 3.44. The van der Waals surface area contributed by atoms with Crippen LogP contribution < -0.4 is 10.1 Å². The summed E-state index contributed by atoms with van der Waals surface area (Å²) in [6.07, 6.45) is 2.21. The lowest BCUT2D eigenvalue weighted by atomic mass is 10.1. The van der Waals surface area contributed by atoms with E-state index in [1.165, 1.54) is 0 Å². The molecular weight excluding hydrogens is 258 g/mol. The molecule has 1 aromatic carbocycles. The molecule has 0 amide bonds. The van der Waals surface area contributed by atoms with Crippen molar-refractivity contribution in [3.05, 3.63) is 28.8 Å². The smallest absolute Gasteiger partial charge is 0.119 e. The second kappa shape index (κ2) is 8.44. The number of nitrogens with one attached hydrogen (secondary N) is 1. The quantitative estimate of drug-likeness (QED) is 0.712. The summed E-state index contributed by atoms with van der Waals surface area (Å²) in [5, 5.41) is 4.32. The Kier molecular flexibility index (Phi) is 7.25. The predicted molar refractivity (Wildman–Crippen MR) is 83.2 cm³/mol. The van der Waals surface area contributed by atoms with Crippen LogP contribution in [0.3, 0.4) is 0 Å². The van der Waals surface area contributed by atoms with Gasteiger partial charge in [-0.05, 0) is 62.9 Å². The maximum atomic E-state index is 5.97. The molecule has 3 heteroatoms. The van der Waals surface area contributed by atoms with Crippen molar-refractivity contribution in [1.29, 1.82) is 0 Å². The third-order valence-corrected chi connectivity index (χ3v) is 3.86. The number of rotatable bonds is 8. The van der Waals surface area contributed by atoms with Gasteiger partial charge in [0.05, 0.1) is 6.61 Å². The fourth-order valence-electron chi connectivity index (χ4n) is 1.69. The molecule has 1 atom stereocenters. The van der Waals surface area contributed by atoms with E-state index >= 15 is 0 Å². The first-order chi connectivity index (χ1) is 9.00. The van der Waals surface area contributed by atoms with Crippen molar-refractivity contribution in [3.8, 4) is 5.75 Å². The van der Waals surface area contributed by atoms with Gasteiger partial charge in [0.15, 0.2) is 0 Å². The van der Waals surface area contributed by atoms with Crippen LogP contribution in [0.15, 0.2) is 18.2 Å². The molecule has 1 rings (SSSR count). The van der Waals surface area contributed by atoms with Gasteiger partial charge in [0, 0.05) is 11.1 Å². The standard InChI is InChI=1S/C16H26ClNO/c1-12(2)14(4)18-9-5-6-10-19-15-7-8-16(17)13(3)11-15/h7-8,11-12,14,18H,5-6,9-10H2,1-4H3. The maximum Gasteiger partial charge on any atom is 0.119 e. The van der Waals surface area contributed by atoms with Gasteiger partial charge >= 0.3 is 0 Å². The minimum Gasteiger partial charge on any atom is -0.494 e. The van der Waals surface area contributed by atoms with Crippen LogP contribution in [0, 0.1) is 12.8 Å². The molecule has 0 saturated heterocycles. The lowest BCUT2D eigenvalue weighted by Gasteiger charge is -2.17. The monoisotopic (exact) mass is 283 g/mol. The Hall–Kier alpha value is -0.730. The Balaban J connectivity index is 2.12. The van der Waals surface area contributed by atoms with Crippen molar-refractivity contribution in [2.75, 3.05) is 13.2 Å². The molecule has 0 saturated carbocycles. The number of hydrogen-bond donors (Lipinski definition) is 1. The van der Waals surface area contributed by atoms with Gasteiger partial charge in [0.2, 0.25) is 0 Å². The van der Waals surface area contributed by atoms with E-state index in [1.807, 2.05) is 25.1 Å². The van der Waals surface area contributed by atoms with Gasteiger partial charge in [0.25, 0.3) is 0 Å². The van der Waals surface area contributed by atoms with Crippen LogP contribution in [0.1, 0.15) is 39.2 Å². The van der Waals surface area contributed by atoms with Crippen LogP contribution >= 0.6 is 11.6 Å². The topological polar surface area (TPSA) is 21.3 Å². The van der Waals surface area contributed by atoms with E-state index in [0.29, 0.717) is 12.0 Å². The highest BCUT2D eigenvalue weighted by atomic mass is 35.5. The summed E-state index contributed by atoms with van der Waals surface area (Å²) < 4.78 is 5.71. The Morgan fingerprint density at radius 2 is 1.95 bits per heavy atom. The van der Waals surface area contributed by atoms with Crippen molar-refractivity contribution in [1.82, 2.24) is 5.32 Å². The van der Waals surface area contributed by atoms with Crippen LogP contribution in [-0.4, -0.2) is 19.2 Å². The maximum absolute atomic E-state index is 5.97. The molecule has 0 aromatic heterocycles. The molecule has 0 aliphatic rings. The van der Waals surface area contributed by atoms with Crippen LogP contribution in [0.2, 0.25) is 5.02 Å². The molecule has 108 valence electrons. The zero-order valence-electron chi connectivity index (χ0n) is 12.5. The Morgan fingerprint density at radius 1 is 1.21 bits per heavy atom. The number of unbranched alkanes of at least 4 members (excludes halogenated alkanes) is 1. The number of halogens is 1. The molecular formula is C16H26ClNO. The number of aryl methyl sites for hydroxylation is 1. The zero-order chi connectivity index (χ0) is 14.3. The van der Waals surface area contributed by atoms with Gasteiger partial charge in [-0.3, -0.25) is 0 Å². The SMILES string of the molecule is Cc1cc(OCCCCNC(C)C(C)C)ccc1Cl. The van der Waals surface area contributed by atoms with Gasteiger partial charge in [-0.1, -0.05) is 25.4 Å². The summed E-state index contributed by atoms with van der Waals surface area (Å²) in [5.41, 5.74) is 1.06. The fraction of sp³-hybridized carbons (Fsp3) is 0.625. The zero-order valence-corrected chi connectivity index (χ0v) is 13.3. The molecule has 1 N–H and O–H groups in total. The summed E-state index contributed by atoms with van der Waals surface area (Å²) in [6.45, 7) is 10.5. The molecule has 0 fully saturated rings. The first kappa shape index (κ1) is 16.3. The van der Waals surface area contributed by atoms with Crippen molar-refractivity contribution in [2.24, 2.45) is 5.92 Å². The highest BCUT2D eigenvalue weighted by Crippen LogP contribution is 2.21. The molecule has 0 spiro atoms. The second-order valence-electron chi connectivity index (χ2n) is 5.45. The average molecular weight is 284 g/mol. The molecule has 19 heavy (non-hydrogen) atoms. The first-order valence-electron chi connectivity index (χ1n) is 7.13. The van der Waals surface area contributed by atoms with Gasteiger partial charge in [-0.15, -0.1) is 0 Å². The van der Waals surface area contributed by atoms with E-state index in [4.69, 9.17) is 16.3 Å². The minimum absolute atomic E-state index is 0.583. The Labute approximate surface area is 122 Å². The average Bonchev–Trinajstić information content (AvgIpc) is 2.37. The first-order valence-corrected chi connectivity index (χ1v) is 7.51. The van der Waals surface area contributed by atoms with E-state index in [0.717, 1.165) is 42.3 Å². The van der Waals surface area contributed by atoms with Crippen molar-refractivity contribution < 1.29 is 4.74 Å². The van der Waals surface area contributed by atoms with Crippen LogP contribution in [-0.2, 0) is 0 Å². The summed E-state index contributed by atoms with van der Waals surface area (Å²) in [5.74, 6) is 1.60. The molecule has 0 aliphatic carbocycles. The van der Waals surface area contributed by atoms with Crippen molar-refractivity contribution in [3.63, 3.8) is 0 Å². The highest BCUT2D eigenvalue weighted by molar-refractivity contribution is 6.31. The molecule has 0 bridgehead atoms. The van der Waals surface area contributed by atoms with Gasteiger partial charge < -0.3 is 10.1 Å². The van der Waals surface area contributed by atoms with Crippen molar-refractivity contribution >= 4 is 11.6 Å². The molecule has 0 radical (unpaired) electrons. The number of benzene rings is 1. The number of hydrogen-bond acceptors (Lipinski definition) is 2. The Bertz CT molecular complexity index is 379. The lowest BCUT2D eigenvalue weighted by Crippen LogP contribution is -2.31. The van der Waals surface area contributed by atoms with E-state index in [1.54, 1.807) is 0 Å². The molecule has 0 heterocycles. The summed E-state index contributed by atoms with van der Waals surface area (Å²) in [7, 11) is 0. The van der Waals surface area contributed by atoms with E-state index in [2.05, 4.69) is 26.1 Å². The lowest BCUT2D eigenvalue weighted by molar-refractivity contribution is 0.302. The largest absolute Gasteiger partial charge is 0.494 e.